The molecule has 0 radical (unpaired) electrons. The van der Waals surface area contributed by atoms with E-state index < -0.39 is 0 Å². The van der Waals surface area contributed by atoms with Crippen molar-refractivity contribution in [2.45, 2.75) is 0 Å². The van der Waals surface area contributed by atoms with E-state index in [1.807, 2.05) is 103 Å². The van der Waals surface area contributed by atoms with Crippen LogP contribution in [0.3, 0.4) is 0 Å². The van der Waals surface area contributed by atoms with E-state index in [0.717, 1.165) is 17.2 Å². The fourth-order valence-electron chi connectivity index (χ4n) is 2.64. The summed E-state index contributed by atoms with van der Waals surface area (Å²) in [6.45, 7) is 0. The Kier molecular flexibility index (Phi) is 7.39. The van der Waals surface area contributed by atoms with Gasteiger partial charge < -0.3 is 23.5 Å². The molecule has 0 spiro atoms. The molecule has 4 aromatic rings. The van der Waals surface area contributed by atoms with Crippen LogP contribution in [0.1, 0.15) is 0 Å². The van der Waals surface area contributed by atoms with Crippen LogP contribution < -0.4 is 38.4 Å². The van der Waals surface area contributed by atoms with Crippen LogP contribution >= 0.6 is 9.24 Å². The van der Waals surface area contributed by atoms with Crippen LogP contribution in [0.2, 0.25) is 0 Å². The molecular formula is C24H18LiO3P. The van der Waals surface area contributed by atoms with Crippen LogP contribution in [0.15, 0.2) is 103 Å². The van der Waals surface area contributed by atoms with Crippen molar-refractivity contribution in [3.63, 3.8) is 0 Å². The van der Waals surface area contributed by atoms with Gasteiger partial charge in [0.05, 0.1) is 0 Å². The van der Waals surface area contributed by atoms with Crippen molar-refractivity contribution >= 4 is 14.5 Å². The summed E-state index contributed by atoms with van der Waals surface area (Å²) < 4.78 is 18.1. The van der Waals surface area contributed by atoms with E-state index in [1.54, 1.807) is 0 Å². The van der Waals surface area contributed by atoms with E-state index >= 15 is 0 Å². The molecule has 4 aromatic carbocycles. The molecule has 138 valence electrons. The number of hydrogen-bond acceptors (Lipinski definition) is 3. The van der Waals surface area contributed by atoms with Crippen molar-refractivity contribution < 1.29 is 33.1 Å². The van der Waals surface area contributed by atoms with Gasteiger partial charge in [0.1, 0.15) is 34.5 Å². The first-order chi connectivity index (χ1) is 13.8. The van der Waals surface area contributed by atoms with Gasteiger partial charge in [-0.15, -0.1) is 5.30 Å². The predicted molar refractivity (Wildman–Crippen MR) is 114 cm³/mol. The monoisotopic (exact) mass is 392 g/mol. The van der Waals surface area contributed by atoms with Crippen molar-refractivity contribution in [1.82, 2.24) is 0 Å². The van der Waals surface area contributed by atoms with Gasteiger partial charge >= 0.3 is 18.9 Å². The number of hydrogen-bond donors (Lipinski definition) is 0. The van der Waals surface area contributed by atoms with Gasteiger partial charge in [0, 0.05) is 12.1 Å². The van der Waals surface area contributed by atoms with Gasteiger partial charge in [-0.25, -0.2) is 0 Å². The van der Waals surface area contributed by atoms with E-state index in [0.29, 0.717) is 22.6 Å². The maximum atomic E-state index is 6.06. The molecule has 3 nitrogen and oxygen atoms in total. The average Bonchev–Trinajstić information content (AvgIpc) is 2.74. The molecule has 0 aromatic heterocycles. The second-order valence-electron chi connectivity index (χ2n) is 6.04. The maximum absolute atomic E-state index is 6.06. The minimum absolute atomic E-state index is 0. The van der Waals surface area contributed by atoms with Crippen LogP contribution in [0.5, 0.6) is 34.5 Å². The standard InChI is InChI=1S/C24H18O3P.Li/c28-24-22(26-19-12-6-2-7-13-19)16-21(25-18-10-4-1-5-11-18)17-23(24)27-20-14-8-3-9-15-20;/h1-17,28H;/q-1;+1. The second kappa shape index (κ2) is 10.2. The third-order valence-corrected chi connectivity index (χ3v) is 4.45. The molecule has 0 unspecified atom stereocenters. The summed E-state index contributed by atoms with van der Waals surface area (Å²) in [5.74, 6) is 4.00. The molecule has 0 fully saturated rings. The van der Waals surface area contributed by atoms with Crippen LogP contribution in [-0.2, 0) is 0 Å². The zero-order valence-electron chi connectivity index (χ0n) is 16.0. The van der Waals surface area contributed by atoms with Crippen molar-refractivity contribution in [2.75, 3.05) is 0 Å². The van der Waals surface area contributed by atoms with Crippen LogP contribution in [0.4, 0.5) is 0 Å². The van der Waals surface area contributed by atoms with E-state index in [9.17, 15) is 0 Å². The number of benzene rings is 4. The van der Waals surface area contributed by atoms with Crippen molar-refractivity contribution in [2.24, 2.45) is 0 Å². The fourth-order valence-corrected chi connectivity index (χ4v) is 2.89. The minimum atomic E-state index is 0. The summed E-state index contributed by atoms with van der Waals surface area (Å²) in [5.41, 5.74) is 0. The molecule has 0 atom stereocenters. The van der Waals surface area contributed by atoms with Gasteiger partial charge in [-0.05, 0) is 36.4 Å². The first-order valence-electron chi connectivity index (χ1n) is 8.86. The molecule has 0 amide bonds. The maximum Gasteiger partial charge on any atom is 1.00 e. The summed E-state index contributed by atoms with van der Waals surface area (Å²) in [4.78, 5) is 0. The van der Waals surface area contributed by atoms with E-state index in [1.165, 1.54) is 0 Å². The van der Waals surface area contributed by atoms with Gasteiger partial charge in [0.2, 0.25) is 0 Å². The van der Waals surface area contributed by atoms with Gasteiger partial charge in [-0.2, -0.15) is 0 Å². The molecule has 0 heterocycles. The van der Waals surface area contributed by atoms with Crippen molar-refractivity contribution in [3.8, 4) is 34.5 Å². The van der Waals surface area contributed by atoms with Crippen LogP contribution in [0, 0.1) is 0 Å². The average molecular weight is 392 g/mol. The topological polar surface area (TPSA) is 27.7 Å². The van der Waals surface area contributed by atoms with Gasteiger partial charge in [0.15, 0.2) is 0 Å². The molecule has 29 heavy (non-hydrogen) atoms. The van der Waals surface area contributed by atoms with Crippen LogP contribution in [0.25, 0.3) is 0 Å². The van der Waals surface area contributed by atoms with Gasteiger partial charge in [0.25, 0.3) is 0 Å². The summed E-state index contributed by atoms with van der Waals surface area (Å²) in [7, 11) is 3.67. The zero-order chi connectivity index (χ0) is 19.2. The summed E-state index contributed by atoms with van der Waals surface area (Å²) in [6.07, 6.45) is 0. The van der Waals surface area contributed by atoms with Gasteiger partial charge in [-0.3, -0.25) is 0 Å². The smallest absolute Gasteiger partial charge is 0.517 e. The van der Waals surface area contributed by atoms with Gasteiger partial charge in [-0.1, -0.05) is 54.6 Å². The Bertz CT molecular complexity index is 979. The summed E-state index contributed by atoms with van der Waals surface area (Å²) in [5, 5.41) is 0.702. The SMILES string of the molecule is [Li+].[PH-]c1c(Oc2ccccc2)cc(Oc2ccccc2)cc1Oc1ccccc1. The quantitative estimate of drug-likeness (QED) is 0.369. The van der Waals surface area contributed by atoms with Crippen molar-refractivity contribution in [1.29, 1.82) is 0 Å². The van der Waals surface area contributed by atoms with E-state index in [4.69, 9.17) is 14.2 Å². The summed E-state index contributed by atoms with van der Waals surface area (Å²) in [6, 6.07) is 32.4. The molecule has 0 N–H and O–H groups in total. The Morgan fingerprint density at radius 2 is 0.793 bits per heavy atom. The first-order valence-corrected chi connectivity index (χ1v) is 9.36. The predicted octanol–water partition coefficient (Wildman–Crippen LogP) is 3.84. The molecule has 5 heteroatoms. The Labute approximate surface area is 185 Å². The fraction of sp³-hybridized carbons (Fsp3) is 0. The second-order valence-corrected chi connectivity index (χ2v) is 6.54. The normalized spacial score (nSPS) is 9.97. The Morgan fingerprint density at radius 3 is 1.17 bits per heavy atom. The molecule has 0 aliphatic heterocycles. The number of para-hydroxylation sites is 3. The molecule has 0 saturated heterocycles. The number of rotatable bonds is 6. The Morgan fingerprint density at radius 1 is 0.448 bits per heavy atom. The molecular weight excluding hydrogens is 374 g/mol. The molecule has 0 aliphatic rings. The third-order valence-electron chi connectivity index (χ3n) is 3.96. The van der Waals surface area contributed by atoms with Crippen molar-refractivity contribution in [3.05, 3.63) is 103 Å². The molecule has 0 aliphatic carbocycles. The first kappa shape index (κ1) is 21.0. The third kappa shape index (κ3) is 5.65. The summed E-state index contributed by atoms with van der Waals surface area (Å²) >= 11 is 0. The Hall–Kier alpha value is -2.69. The number of ether oxygens (including phenoxy) is 3. The Balaban J connectivity index is 0.00000240. The van der Waals surface area contributed by atoms with E-state index in [2.05, 4.69) is 9.24 Å². The largest absolute Gasteiger partial charge is 1.00 e. The zero-order valence-corrected chi connectivity index (χ0v) is 17.0. The molecule has 4 rings (SSSR count). The van der Waals surface area contributed by atoms with Crippen LogP contribution in [-0.4, -0.2) is 0 Å². The minimum Gasteiger partial charge on any atom is -0.517 e. The van der Waals surface area contributed by atoms with E-state index in [-0.39, 0.29) is 18.9 Å². The molecule has 0 saturated carbocycles. The molecule has 0 bridgehead atoms.